The van der Waals surface area contributed by atoms with Crippen LogP contribution < -0.4 is 20.5 Å². The number of rotatable bonds is 7. The predicted octanol–water partition coefficient (Wildman–Crippen LogP) is -0.238. The van der Waals surface area contributed by atoms with Crippen molar-refractivity contribution in [2.24, 2.45) is 5.73 Å². The Morgan fingerprint density at radius 2 is 1.71 bits per heavy atom. The first kappa shape index (κ1) is 16.3. The molecule has 0 bridgehead atoms. The van der Waals surface area contributed by atoms with Crippen LogP contribution in [-0.2, 0) is 9.59 Å². The second kappa shape index (κ2) is 7.13. The molecule has 0 aliphatic carbocycles. The summed E-state index contributed by atoms with van der Waals surface area (Å²) in [5.41, 5.74) is 5.08. The molecule has 0 spiro atoms. The zero-order chi connectivity index (χ0) is 16.0. The average molecular weight is 296 g/mol. The number of carbonyl (C=O) groups excluding carboxylic acids is 2. The topological polar surface area (TPSA) is 128 Å². The van der Waals surface area contributed by atoms with Crippen molar-refractivity contribution in [1.82, 2.24) is 5.32 Å². The van der Waals surface area contributed by atoms with Crippen LogP contribution in [0.2, 0.25) is 0 Å². The first-order chi connectivity index (χ1) is 9.87. The van der Waals surface area contributed by atoms with Crippen LogP contribution in [0.5, 0.6) is 11.5 Å². The van der Waals surface area contributed by atoms with Crippen LogP contribution in [-0.4, -0.2) is 43.2 Å². The fourth-order valence-corrected chi connectivity index (χ4v) is 1.58. The van der Waals surface area contributed by atoms with E-state index in [0.29, 0.717) is 11.5 Å². The van der Waals surface area contributed by atoms with Gasteiger partial charge in [-0.25, -0.2) is 4.79 Å². The molecule has 4 N–H and O–H groups in total. The van der Waals surface area contributed by atoms with Gasteiger partial charge in [0.25, 0.3) is 5.91 Å². The molecule has 114 valence electrons. The lowest BCUT2D eigenvalue weighted by Crippen LogP contribution is -2.43. The predicted molar refractivity (Wildman–Crippen MR) is 72.2 cm³/mol. The van der Waals surface area contributed by atoms with Gasteiger partial charge >= 0.3 is 5.97 Å². The second-order valence-electron chi connectivity index (χ2n) is 4.14. The molecule has 1 atom stereocenters. The summed E-state index contributed by atoms with van der Waals surface area (Å²) in [4.78, 5) is 33.8. The van der Waals surface area contributed by atoms with E-state index in [-0.39, 0.29) is 5.56 Å². The summed E-state index contributed by atoms with van der Waals surface area (Å²) in [5.74, 6) is -2.11. The molecule has 0 aliphatic rings. The van der Waals surface area contributed by atoms with Crippen LogP contribution in [0.25, 0.3) is 0 Å². The van der Waals surface area contributed by atoms with E-state index in [9.17, 15) is 14.4 Å². The summed E-state index contributed by atoms with van der Waals surface area (Å²) in [6.45, 7) is 0. The van der Waals surface area contributed by atoms with Gasteiger partial charge in [0.05, 0.1) is 20.6 Å². The Hall–Kier alpha value is -2.77. The third-order valence-corrected chi connectivity index (χ3v) is 2.62. The highest BCUT2D eigenvalue weighted by atomic mass is 16.5. The summed E-state index contributed by atoms with van der Waals surface area (Å²) in [6.07, 6.45) is -0.498. The first-order valence-electron chi connectivity index (χ1n) is 5.92. The van der Waals surface area contributed by atoms with Gasteiger partial charge < -0.3 is 25.6 Å². The summed E-state index contributed by atoms with van der Waals surface area (Å²) in [6, 6.07) is 3.00. The molecule has 0 aromatic heterocycles. The van der Waals surface area contributed by atoms with E-state index in [2.05, 4.69) is 5.32 Å². The fraction of sp³-hybridized carbons (Fsp3) is 0.308. The molecule has 0 heterocycles. The maximum absolute atomic E-state index is 12.0. The lowest BCUT2D eigenvalue weighted by atomic mass is 10.1. The quantitative estimate of drug-likeness (QED) is 0.637. The summed E-state index contributed by atoms with van der Waals surface area (Å²) < 4.78 is 10.0. The Kier molecular flexibility index (Phi) is 5.53. The number of aliphatic carboxylic acids is 1. The molecule has 8 heteroatoms. The van der Waals surface area contributed by atoms with E-state index in [4.69, 9.17) is 20.3 Å². The summed E-state index contributed by atoms with van der Waals surface area (Å²) >= 11 is 0. The van der Waals surface area contributed by atoms with Crippen LogP contribution in [0.1, 0.15) is 16.8 Å². The van der Waals surface area contributed by atoms with E-state index >= 15 is 0 Å². The van der Waals surface area contributed by atoms with Crippen molar-refractivity contribution in [3.8, 4) is 11.5 Å². The number of methoxy groups -OCH3 is 2. The number of carboxylic acids is 1. The number of amides is 2. The number of nitrogens with one attached hydrogen (secondary N) is 1. The molecule has 1 aromatic rings. The molecule has 1 aromatic carbocycles. The average Bonchev–Trinajstić information content (AvgIpc) is 2.45. The third-order valence-electron chi connectivity index (χ3n) is 2.62. The van der Waals surface area contributed by atoms with E-state index in [1.807, 2.05) is 0 Å². The number of hydrogen-bond donors (Lipinski definition) is 3. The molecule has 21 heavy (non-hydrogen) atoms. The van der Waals surface area contributed by atoms with Gasteiger partial charge in [0, 0.05) is 11.6 Å². The number of benzene rings is 1. The normalized spacial score (nSPS) is 11.3. The minimum atomic E-state index is -1.40. The van der Waals surface area contributed by atoms with E-state index in [0.717, 1.165) is 0 Å². The number of primary amides is 1. The number of hydrogen-bond acceptors (Lipinski definition) is 5. The van der Waals surface area contributed by atoms with Crippen molar-refractivity contribution in [2.75, 3.05) is 14.2 Å². The van der Waals surface area contributed by atoms with Crippen LogP contribution in [0, 0.1) is 0 Å². The first-order valence-corrected chi connectivity index (χ1v) is 5.92. The van der Waals surface area contributed by atoms with Gasteiger partial charge in [-0.05, 0) is 12.1 Å². The molecular weight excluding hydrogens is 280 g/mol. The smallest absolute Gasteiger partial charge is 0.326 e. The molecule has 0 saturated carbocycles. The largest absolute Gasteiger partial charge is 0.497 e. The second-order valence-corrected chi connectivity index (χ2v) is 4.14. The van der Waals surface area contributed by atoms with Gasteiger partial charge in [0.2, 0.25) is 5.91 Å². The van der Waals surface area contributed by atoms with Gasteiger partial charge in [-0.15, -0.1) is 0 Å². The standard InChI is InChI=1S/C13H16N2O6/c1-20-8-3-7(4-9(5-8)21-2)12(17)15-10(13(18)19)6-11(14)16/h3-5,10H,6H2,1-2H3,(H2,14,16)(H,15,17)(H,18,19). The lowest BCUT2D eigenvalue weighted by molar-refractivity contribution is -0.140. The molecule has 0 radical (unpaired) electrons. The highest BCUT2D eigenvalue weighted by molar-refractivity contribution is 5.98. The van der Waals surface area contributed by atoms with Crippen molar-refractivity contribution >= 4 is 17.8 Å². The van der Waals surface area contributed by atoms with Gasteiger partial charge in [0.1, 0.15) is 17.5 Å². The van der Waals surface area contributed by atoms with Crippen LogP contribution in [0.4, 0.5) is 0 Å². The van der Waals surface area contributed by atoms with E-state index in [1.54, 1.807) is 6.07 Å². The molecule has 8 nitrogen and oxygen atoms in total. The zero-order valence-corrected chi connectivity index (χ0v) is 11.6. The minimum absolute atomic E-state index is 0.141. The molecule has 1 rings (SSSR count). The Bertz CT molecular complexity index is 535. The highest BCUT2D eigenvalue weighted by Gasteiger charge is 2.23. The van der Waals surface area contributed by atoms with Crippen LogP contribution in [0.15, 0.2) is 18.2 Å². The van der Waals surface area contributed by atoms with Crippen molar-refractivity contribution < 1.29 is 29.0 Å². The monoisotopic (exact) mass is 296 g/mol. The van der Waals surface area contributed by atoms with Crippen molar-refractivity contribution in [2.45, 2.75) is 12.5 Å². The maximum Gasteiger partial charge on any atom is 0.326 e. The Morgan fingerprint density at radius 3 is 2.10 bits per heavy atom. The Balaban J connectivity index is 2.96. The van der Waals surface area contributed by atoms with Crippen LogP contribution >= 0.6 is 0 Å². The SMILES string of the molecule is COc1cc(OC)cc(C(=O)NC(CC(N)=O)C(=O)O)c1. The number of carbonyl (C=O) groups is 3. The summed E-state index contributed by atoms with van der Waals surface area (Å²) in [5, 5.41) is 11.2. The Labute approximate surface area is 120 Å². The van der Waals surface area contributed by atoms with E-state index in [1.165, 1.54) is 26.4 Å². The number of carboxylic acid groups (broad SMARTS) is 1. The molecular formula is C13H16N2O6. The zero-order valence-electron chi connectivity index (χ0n) is 11.6. The molecule has 0 fully saturated rings. The van der Waals surface area contributed by atoms with Gasteiger partial charge in [-0.2, -0.15) is 0 Å². The number of ether oxygens (including phenoxy) is 2. The van der Waals surface area contributed by atoms with E-state index < -0.39 is 30.2 Å². The molecule has 1 unspecified atom stereocenters. The number of nitrogens with two attached hydrogens (primary N) is 1. The molecule has 0 saturated heterocycles. The highest BCUT2D eigenvalue weighted by Crippen LogP contribution is 2.22. The third kappa shape index (κ3) is 4.68. The van der Waals surface area contributed by atoms with Gasteiger partial charge in [-0.3, -0.25) is 9.59 Å². The maximum atomic E-state index is 12.0. The van der Waals surface area contributed by atoms with Crippen LogP contribution in [0.3, 0.4) is 0 Å². The van der Waals surface area contributed by atoms with Crippen molar-refractivity contribution in [1.29, 1.82) is 0 Å². The molecule has 0 aliphatic heterocycles. The fourth-order valence-electron chi connectivity index (χ4n) is 1.58. The van der Waals surface area contributed by atoms with Crippen molar-refractivity contribution in [3.63, 3.8) is 0 Å². The summed E-state index contributed by atoms with van der Waals surface area (Å²) in [7, 11) is 2.84. The Morgan fingerprint density at radius 1 is 1.19 bits per heavy atom. The van der Waals surface area contributed by atoms with Gasteiger partial charge in [-0.1, -0.05) is 0 Å². The minimum Gasteiger partial charge on any atom is -0.497 e. The lowest BCUT2D eigenvalue weighted by Gasteiger charge is -2.14. The molecule has 2 amide bonds. The van der Waals surface area contributed by atoms with Crippen molar-refractivity contribution in [3.05, 3.63) is 23.8 Å². The van der Waals surface area contributed by atoms with Gasteiger partial charge in [0.15, 0.2) is 0 Å².